The number of esters is 5. The Bertz CT molecular complexity index is 1470. The molecular weight excluding hydrogens is 670 g/mol. The van der Waals surface area contributed by atoms with Crippen molar-refractivity contribution in [1.82, 2.24) is 0 Å². The van der Waals surface area contributed by atoms with Crippen molar-refractivity contribution in [3.05, 3.63) is 0 Å². The molecule has 8 aliphatic rings. The maximum absolute atomic E-state index is 13.9. The van der Waals surface area contributed by atoms with Crippen LogP contribution in [0.15, 0.2) is 0 Å². The first kappa shape index (κ1) is 34.9. The Morgan fingerprint density at radius 3 is 1.52 bits per heavy atom. The van der Waals surface area contributed by atoms with Crippen LogP contribution in [0.25, 0.3) is 0 Å². The van der Waals surface area contributed by atoms with Crippen LogP contribution in [-0.4, -0.2) is 100 Å². The fourth-order valence-electron chi connectivity index (χ4n) is 10.1. The third-order valence-electron chi connectivity index (χ3n) is 10.7. The van der Waals surface area contributed by atoms with E-state index < -0.39 is 93.4 Å². The second-order valence-electron chi connectivity index (χ2n) is 15.0. The van der Waals surface area contributed by atoms with E-state index in [4.69, 9.17) is 23.5 Å². The van der Waals surface area contributed by atoms with Crippen LogP contribution < -0.4 is 0 Å². The summed E-state index contributed by atoms with van der Waals surface area (Å²) in [5.41, 5.74) is -3.86. The molecule has 0 saturated heterocycles. The molecule has 8 saturated carbocycles. The molecule has 0 aromatic rings. The summed E-state index contributed by atoms with van der Waals surface area (Å²) in [5.74, 6) is -7.55. The number of halogens is 2. The smallest absolute Gasteiger partial charge is 0.456 e. The van der Waals surface area contributed by atoms with Crippen LogP contribution in [0.1, 0.15) is 83.5 Å². The number of carbonyl (C=O) groups excluding carboxylic acids is 5. The van der Waals surface area contributed by atoms with E-state index in [0.29, 0.717) is 51.4 Å². The highest BCUT2D eigenvalue weighted by Crippen LogP contribution is 2.60. The topological polar surface area (TPSA) is 226 Å². The fourth-order valence-corrected chi connectivity index (χ4v) is 10.4. The highest BCUT2D eigenvalue weighted by atomic mass is 32.2. The number of hydrogen-bond donors (Lipinski definition) is 3. The van der Waals surface area contributed by atoms with E-state index >= 15 is 0 Å². The highest BCUT2D eigenvalue weighted by Gasteiger charge is 2.61. The van der Waals surface area contributed by atoms with Crippen LogP contribution in [0, 0.1) is 23.7 Å². The molecule has 3 N–H and O–H groups in total. The molecule has 5 atom stereocenters. The zero-order chi connectivity index (χ0) is 34.9. The molecular formula is C30H38F2O15S. The molecule has 0 aromatic heterocycles. The van der Waals surface area contributed by atoms with Gasteiger partial charge in [0.2, 0.25) is 6.10 Å². The van der Waals surface area contributed by atoms with Gasteiger partial charge in [-0.3, -0.25) is 9.35 Å². The molecule has 15 nitrogen and oxygen atoms in total. The lowest BCUT2D eigenvalue weighted by molar-refractivity contribution is -0.224. The lowest BCUT2D eigenvalue weighted by Crippen LogP contribution is -2.60. The molecule has 8 fully saturated rings. The monoisotopic (exact) mass is 708 g/mol. The number of carbonyl (C=O) groups is 5. The summed E-state index contributed by atoms with van der Waals surface area (Å²) in [7, 11) is -6.36. The Hall–Kier alpha value is -2.96. The predicted molar refractivity (Wildman–Crippen MR) is 150 cm³/mol. The molecule has 48 heavy (non-hydrogen) atoms. The highest BCUT2D eigenvalue weighted by molar-refractivity contribution is 7.87. The van der Waals surface area contributed by atoms with Gasteiger partial charge in [-0.15, -0.1) is 0 Å². The number of aliphatic hydroxyl groups is 2. The van der Waals surface area contributed by atoms with Gasteiger partial charge >= 0.3 is 45.2 Å². The Labute approximate surface area is 273 Å². The van der Waals surface area contributed by atoms with Gasteiger partial charge in [0.1, 0.15) is 11.2 Å². The van der Waals surface area contributed by atoms with Gasteiger partial charge in [-0.25, -0.2) is 19.2 Å². The maximum Gasteiger partial charge on any atom is 0.465 e. The lowest BCUT2D eigenvalue weighted by Gasteiger charge is -2.59. The quantitative estimate of drug-likeness (QED) is 0.147. The van der Waals surface area contributed by atoms with E-state index in [0.717, 1.165) is 12.8 Å². The van der Waals surface area contributed by atoms with Crippen molar-refractivity contribution < 1.29 is 79.6 Å². The number of hydrogen-bond acceptors (Lipinski definition) is 14. The number of ether oxygens (including phenoxy) is 5. The van der Waals surface area contributed by atoms with Crippen LogP contribution in [0.4, 0.5) is 8.78 Å². The Morgan fingerprint density at radius 2 is 1.12 bits per heavy atom. The molecule has 0 radical (unpaired) electrons. The van der Waals surface area contributed by atoms with Crippen molar-refractivity contribution in [1.29, 1.82) is 0 Å². The summed E-state index contributed by atoms with van der Waals surface area (Å²) in [6.07, 6.45) is 2.68. The van der Waals surface area contributed by atoms with Crippen molar-refractivity contribution in [2.75, 3.05) is 13.2 Å². The van der Waals surface area contributed by atoms with E-state index in [1.165, 1.54) is 0 Å². The second kappa shape index (κ2) is 11.8. The van der Waals surface area contributed by atoms with E-state index in [-0.39, 0.29) is 36.5 Å². The predicted octanol–water partition coefficient (Wildman–Crippen LogP) is 1.11. The molecule has 5 unspecified atom stereocenters. The van der Waals surface area contributed by atoms with Crippen molar-refractivity contribution in [2.45, 2.75) is 117 Å². The van der Waals surface area contributed by atoms with Gasteiger partial charge in [0.25, 0.3) is 0 Å². The number of rotatable bonds is 12. The van der Waals surface area contributed by atoms with Gasteiger partial charge < -0.3 is 33.9 Å². The summed E-state index contributed by atoms with van der Waals surface area (Å²) in [6, 6.07) is 0. The third kappa shape index (κ3) is 7.03. The summed E-state index contributed by atoms with van der Waals surface area (Å²) >= 11 is 0. The molecule has 8 aliphatic carbocycles. The van der Waals surface area contributed by atoms with Crippen molar-refractivity contribution in [3.63, 3.8) is 0 Å². The first-order valence-corrected chi connectivity index (χ1v) is 17.4. The van der Waals surface area contributed by atoms with Crippen molar-refractivity contribution >= 4 is 40.0 Å². The summed E-state index contributed by atoms with van der Waals surface area (Å²) in [5, 5.41) is 16.2. The van der Waals surface area contributed by atoms with Crippen LogP contribution in [-0.2, 0) is 57.8 Å². The molecule has 8 bridgehead atoms. The minimum atomic E-state index is -6.36. The molecule has 268 valence electrons. The van der Waals surface area contributed by atoms with Crippen LogP contribution >= 0.6 is 0 Å². The number of alkyl halides is 2. The van der Waals surface area contributed by atoms with Crippen LogP contribution in [0.2, 0.25) is 0 Å². The maximum atomic E-state index is 13.9. The molecule has 0 spiro atoms. The average Bonchev–Trinajstić information content (AvgIpc) is 2.90. The second-order valence-corrected chi connectivity index (χ2v) is 16.5. The van der Waals surface area contributed by atoms with E-state index in [2.05, 4.69) is 4.74 Å². The van der Waals surface area contributed by atoms with Crippen LogP contribution in [0.5, 0.6) is 0 Å². The van der Waals surface area contributed by atoms with Gasteiger partial charge in [-0.05, 0) is 87.9 Å². The molecule has 18 heteroatoms. The third-order valence-corrected chi connectivity index (χ3v) is 11.5. The summed E-state index contributed by atoms with van der Waals surface area (Å²) in [4.78, 5) is 62.6. The van der Waals surface area contributed by atoms with Gasteiger partial charge in [-0.1, -0.05) is 0 Å². The van der Waals surface area contributed by atoms with Crippen molar-refractivity contribution in [3.8, 4) is 0 Å². The Balaban J connectivity index is 1.05. The Morgan fingerprint density at radius 1 is 0.708 bits per heavy atom. The molecule has 0 amide bonds. The first-order valence-electron chi connectivity index (χ1n) is 16.0. The standard InChI is InChI=1S/C30H38F2O15S/c31-30(32,48(40,41)42)25(37)45-20(24(36)44-13-23(35)47-29-10-18-2-19(11-29)7-27(39,6-18)15-29)3-21(33)43-12-22(34)46-28-8-16-1-17(9-28)5-26(38,4-16)14-28/h16-20,38-39H,1-15H2,(H,40,41,42). The zero-order valence-corrected chi connectivity index (χ0v) is 26.7. The first-order chi connectivity index (χ1) is 22.2. The molecule has 0 aliphatic heterocycles. The Kier molecular flexibility index (Phi) is 8.60. The minimum Gasteiger partial charge on any atom is -0.456 e. The van der Waals surface area contributed by atoms with E-state index in [1.54, 1.807) is 0 Å². The zero-order valence-electron chi connectivity index (χ0n) is 25.9. The lowest BCUT2D eigenvalue weighted by atomic mass is 9.52. The largest absolute Gasteiger partial charge is 0.465 e. The van der Waals surface area contributed by atoms with Gasteiger partial charge in [0.05, 0.1) is 17.6 Å². The summed E-state index contributed by atoms with van der Waals surface area (Å²) < 4.78 is 83.7. The van der Waals surface area contributed by atoms with Gasteiger partial charge in [0, 0.05) is 12.8 Å². The average molecular weight is 709 g/mol. The van der Waals surface area contributed by atoms with Crippen LogP contribution in [0.3, 0.4) is 0 Å². The molecule has 8 rings (SSSR count). The molecule has 0 aromatic carbocycles. The van der Waals surface area contributed by atoms with Gasteiger partial charge in [-0.2, -0.15) is 17.2 Å². The van der Waals surface area contributed by atoms with Crippen molar-refractivity contribution in [2.24, 2.45) is 23.7 Å². The normalized spacial score (nSPS) is 38.2. The SMILES string of the molecule is O=C(CC(OC(=O)C(F)(F)S(=O)(=O)O)C(=O)OCC(=O)OC12CC3CC(CC(O)(C3)C1)C2)OCC(=O)OC12CC3CC(CC(O)(C3)C1)C2. The van der Waals surface area contributed by atoms with Gasteiger partial charge in [0.15, 0.2) is 13.2 Å². The van der Waals surface area contributed by atoms with E-state index in [9.17, 15) is 51.4 Å². The minimum absolute atomic E-state index is 0.141. The van der Waals surface area contributed by atoms with E-state index in [1.807, 2.05) is 0 Å². The fraction of sp³-hybridized carbons (Fsp3) is 0.833. The molecule has 0 heterocycles. The summed E-state index contributed by atoms with van der Waals surface area (Å²) in [6.45, 7) is -2.11.